The van der Waals surface area contributed by atoms with E-state index in [4.69, 9.17) is 5.73 Å². The van der Waals surface area contributed by atoms with E-state index >= 15 is 0 Å². The van der Waals surface area contributed by atoms with Gasteiger partial charge in [-0.05, 0) is 43.5 Å². The van der Waals surface area contributed by atoms with Gasteiger partial charge < -0.3 is 5.73 Å². The fourth-order valence-electron chi connectivity index (χ4n) is 2.25. The second-order valence-electron chi connectivity index (χ2n) is 4.69. The molecule has 4 heteroatoms. The highest BCUT2D eigenvalue weighted by Crippen LogP contribution is 2.34. The van der Waals surface area contributed by atoms with Crippen LogP contribution in [0.4, 0.5) is 0 Å². The van der Waals surface area contributed by atoms with Gasteiger partial charge in [0.05, 0.1) is 0 Å². The molecular weight excluding hydrogens is 300 g/mol. The molecule has 0 heterocycles. The normalized spacial score (nSPS) is 16.7. The molecule has 0 aromatic heterocycles. The number of rotatable bonds is 5. The summed E-state index contributed by atoms with van der Waals surface area (Å²) in [6.07, 6.45) is 2.70. The van der Waals surface area contributed by atoms with Crippen molar-refractivity contribution in [2.45, 2.75) is 25.4 Å². The quantitative estimate of drug-likeness (QED) is 0.904. The highest BCUT2D eigenvalue weighted by molar-refractivity contribution is 9.10. The van der Waals surface area contributed by atoms with Crippen LogP contribution in [0.3, 0.4) is 0 Å². The number of halogens is 2. The third kappa shape index (κ3) is 4.25. The molecule has 2 nitrogen and oxygen atoms in total. The summed E-state index contributed by atoms with van der Waals surface area (Å²) in [7, 11) is 2.18. The lowest BCUT2D eigenvalue weighted by Crippen LogP contribution is -2.39. The molecule has 0 saturated heterocycles. The third-order valence-corrected chi connectivity index (χ3v) is 3.79. The summed E-state index contributed by atoms with van der Waals surface area (Å²) in [6, 6.07) is 9.05. The van der Waals surface area contributed by atoms with Crippen molar-refractivity contribution in [2.75, 3.05) is 13.6 Å². The Hall–Kier alpha value is -0.0900. The molecule has 0 amide bonds. The van der Waals surface area contributed by atoms with Gasteiger partial charge in [-0.2, -0.15) is 0 Å². The first-order chi connectivity index (χ1) is 7.70. The number of nitrogens with two attached hydrogens (primary N) is 1. The van der Waals surface area contributed by atoms with Crippen molar-refractivity contribution in [3.05, 3.63) is 34.3 Å². The molecule has 1 aliphatic rings. The zero-order valence-corrected chi connectivity index (χ0v) is 12.5. The predicted molar refractivity (Wildman–Crippen MR) is 78.4 cm³/mol. The molecule has 0 spiro atoms. The second-order valence-corrected chi connectivity index (χ2v) is 5.60. The van der Waals surface area contributed by atoms with Gasteiger partial charge in [-0.15, -0.1) is 12.4 Å². The first kappa shape index (κ1) is 15.0. The zero-order chi connectivity index (χ0) is 11.5. The maximum absolute atomic E-state index is 5.85. The monoisotopic (exact) mass is 318 g/mol. The fraction of sp³-hybridized carbons (Fsp3) is 0.538. The van der Waals surface area contributed by atoms with Gasteiger partial charge >= 0.3 is 0 Å². The number of hydrogen-bond acceptors (Lipinski definition) is 2. The Kier molecular flexibility index (Phi) is 5.93. The molecule has 1 fully saturated rings. The van der Waals surface area contributed by atoms with Crippen molar-refractivity contribution in [3.63, 3.8) is 0 Å². The van der Waals surface area contributed by atoms with E-state index in [1.807, 2.05) is 0 Å². The average Bonchev–Trinajstić information content (AvgIpc) is 3.03. The molecule has 1 aromatic rings. The van der Waals surface area contributed by atoms with Crippen molar-refractivity contribution >= 4 is 28.3 Å². The molecular formula is C13H20BrClN2. The Morgan fingerprint density at radius 1 is 1.47 bits per heavy atom. The summed E-state index contributed by atoms with van der Waals surface area (Å²) in [5.74, 6) is 0.835. The summed E-state index contributed by atoms with van der Waals surface area (Å²) in [5, 5.41) is 0. The predicted octanol–water partition coefficient (Wildman–Crippen LogP) is 3.04. The lowest BCUT2D eigenvalue weighted by molar-refractivity contribution is 0.215. The van der Waals surface area contributed by atoms with Crippen LogP contribution in [0.25, 0.3) is 0 Å². The van der Waals surface area contributed by atoms with Crippen molar-refractivity contribution in [2.24, 2.45) is 11.7 Å². The summed E-state index contributed by atoms with van der Waals surface area (Å²) in [4.78, 5) is 2.39. The molecule has 1 unspecified atom stereocenters. The van der Waals surface area contributed by atoms with E-state index in [1.54, 1.807) is 0 Å². The lowest BCUT2D eigenvalue weighted by atomic mass is 10.1. The van der Waals surface area contributed by atoms with E-state index in [1.165, 1.54) is 18.4 Å². The van der Waals surface area contributed by atoms with E-state index in [0.29, 0.717) is 6.04 Å². The summed E-state index contributed by atoms with van der Waals surface area (Å²) in [5.41, 5.74) is 7.19. The first-order valence-corrected chi connectivity index (χ1v) is 6.64. The SMILES string of the molecule is CN(Cc1cccc(Br)c1)C(CN)C1CC1.Cl. The van der Waals surface area contributed by atoms with Crippen LogP contribution in [0.1, 0.15) is 18.4 Å². The van der Waals surface area contributed by atoms with Crippen LogP contribution < -0.4 is 5.73 Å². The smallest absolute Gasteiger partial charge is 0.0247 e. The van der Waals surface area contributed by atoms with Crippen LogP contribution in [0.5, 0.6) is 0 Å². The van der Waals surface area contributed by atoms with Crippen LogP contribution in [0.15, 0.2) is 28.7 Å². The number of likely N-dealkylation sites (N-methyl/N-ethyl adjacent to an activating group) is 1. The van der Waals surface area contributed by atoms with Crippen molar-refractivity contribution in [1.82, 2.24) is 4.90 Å². The molecule has 1 aliphatic carbocycles. The van der Waals surface area contributed by atoms with Gasteiger partial charge in [0.1, 0.15) is 0 Å². The van der Waals surface area contributed by atoms with Gasteiger partial charge in [0.2, 0.25) is 0 Å². The second kappa shape index (κ2) is 6.74. The Bertz CT molecular complexity index is 355. The third-order valence-electron chi connectivity index (χ3n) is 3.29. The average molecular weight is 320 g/mol. The van der Waals surface area contributed by atoms with Gasteiger partial charge in [0.15, 0.2) is 0 Å². The van der Waals surface area contributed by atoms with Crippen LogP contribution in [0.2, 0.25) is 0 Å². The highest BCUT2D eigenvalue weighted by Gasteiger charge is 2.32. The van der Waals surface area contributed by atoms with Gasteiger partial charge in [-0.1, -0.05) is 28.1 Å². The van der Waals surface area contributed by atoms with Crippen LogP contribution in [-0.4, -0.2) is 24.5 Å². The molecule has 2 rings (SSSR count). The molecule has 2 N–H and O–H groups in total. The molecule has 0 bridgehead atoms. The summed E-state index contributed by atoms with van der Waals surface area (Å²) in [6.45, 7) is 1.76. The Morgan fingerprint density at radius 3 is 2.71 bits per heavy atom. The van der Waals surface area contributed by atoms with E-state index in [-0.39, 0.29) is 12.4 Å². The molecule has 17 heavy (non-hydrogen) atoms. The van der Waals surface area contributed by atoms with E-state index in [0.717, 1.165) is 23.5 Å². The molecule has 0 radical (unpaired) electrons. The van der Waals surface area contributed by atoms with Gasteiger partial charge in [-0.3, -0.25) is 4.90 Å². The van der Waals surface area contributed by atoms with Gasteiger partial charge in [0, 0.05) is 23.6 Å². The molecule has 1 atom stereocenters. The zero-order valence-electron chi connectivity index (χ0n) is 10.1. The largest absolute Gasteiger partial charge is 0.329 e. The minimum absolute atomic E-state index is 0. The standard InChI is InChI=1S/C13H19BrN2.ClH/c1-16(13(8-15)11-5-6-11)9-10-3-2-4-12(14)7-10;/h2-4,7,11,13H,5-6,8-9,15H2,1H3;1H. The Balaban J connectivity index is 0.00000144. The number of hydrogen-bond donors (Lipinski definition) is 1. The lowest BCUT2D eigenvalue weighted by Gasteiger charge is -2.27. The van der Waals surface area contributed by atoms with Crippen LogP contribution in [0, 0.1) is 5.92 Å². The van der Waals surface area contributed by atoms with E-state index in [9.17, 15) is 0 Å². The molecule has 1 saturated carbocycles. The van der Waals surface area contributed by atoms with Gasteiger partial charge in [-0.25, -0.2) is 0 Å². The molecule has 1 aromatic carbocycles. The first-order valence-electron chi connectivity index (χ1n) is 5.85. The summed E-state index contributed by atoms with van der Waals surface area (Å²) >= 11 is 3.50. The fourth-order valence-corrected chi connectivity index (χ4v) is 2.70. The van der Waals surface area contributed by atoms with Crippen molar-refractivity contribution in [3.8, 4) is 0 Å². The Labute approximate surface area is 118 Å². The Morgan fingerprint density at radius 2 is 2.18 bits per heavy atom. The maximum atomic E-state index is 5.85. The number of benzene rings is 1. The van der Waals surface area contributed by atoms with Crippen LogP contribution in [-0.2, 0) is 6.54 Å². The molecule has 96 valence electrons. The van der Waals surface area contributed by atoms with Crippen LogP contribution >= 0.6 is 28.3 Å². The minimum Gasteiger partial charge on any atom is -0.329 e. The number of nitrogens with zero attached hydrogens (tertiary/aromatic N) is 1. The maximum Gasteiger partial charge on any atom is 0.0247 e. The van der Waals surface area contributed by atoms with E-state index in [2.05, 4.69) is 52.1 Å². The van der Waals surface area contributed by atoms with E-state index < -0.39 is 0 Å². The highest BCUT2D eigenvalue weighted by atomic mass is 79.9. The topological polar surface area (TPSA) is 29.3 Å². The summed E-state index contributed by atoms with van der Waals surface area (Å²) < 4.78 is 1.15. The minimum atomic E-state index is 0. The van der Waals surface area contributed by atoms with Crippen molar-refractivity contribution < 1.29 is 0 Å². The van der Waals surface area contributed by atoms with Crippen molar-refractivity contribution in [1.29, 1.82) is 0 Å². The molecule has 0 aliphatic heterocycles. The van der Waals surface area contributed by atoms with Gasteiger partial charge in [0.25, 0.3) is 0 Å².